The Morgan fingerprint density at radius 1 is 1.32 bits per heavy atom. The van der Waals surface area contributed by atoms with E-state index in [0.29, 0.717) is 5.92 Å². The Hall–Kier alpha value is -1.16. The zero-order chi connectivity index (χ0) is 13.2. The van der Waals surface area contributed by atoms with Crippen LogP contribution in [-0.2, 0) is 6.54 Å². The molecule has 2 unspecified atom stereocenters. The number of hydrogen-bond acceptors (Lipinski definition) is 4. The van der Waals surface area contributed by atoms with Crippen molar-refractivity contribution in [2.45, 2.75) is 45.7 Å². The molecule has 2 heterocycles. The van der Waals surface area contributed by atoms with E-state index >= 15 is 0 Å². The van der Waals surface area contributed by atoms with Crippen LogP contribution in [0.2, 0.25) is 0 Å². The first-order valence-corrected chi connectivity index (χ1v) is 7.52. The van der Waals surface area contributed by atoms with Crippen molar-refractivity contribution in [3.8, 4) is 0 Å². The first kappa shape index (κ1) is 12.9. The summed E-state index contributed by atoms with van der Waals surface area (Å²) in [5.74, 6) is 2.64. The molecule has 0 radical (unpaired) electrons. The van der Waals surface area contributed by atoms with E-state index in [1.54, 1.807) is 0 Å². The van der Waals surface area contributed by atoms with E-state index in [0.717, 1.165) is 36.6 Å². The maximum atomic E-state index is 4.41. The minimum Gasteiger partial charge on any atom is -0.352 e. The fraction of sp³-hybridized carbons (Fsp3) is 0.733. The lowest BCUT2D eigenvalue weighted by molar-refractivity contribution is 0.541. The molecule has 1 saturated heterocycles. The molecule has 1 N–H and O–H groups in total. The van der Waals surface area contributed by atoms with E-state index < -0.39 is 0 Å². The number of anilines is 1. The lowest BCUT2D eigenvalue weighted by Crippen LogP contribution is -2.32. The van der Waals surface area contributed by atoms with Crippen LogP contribution in [0.3, 0.4) is 0 Å². The minimum absolute atomic E-state index is 0.674. The summed E-state index contributed by atoms with van der Waals surface area (Å²) in [6.45, 7) is 7.45. The highest BCUT2D eigenvalue weighted by Crippen LogP contribution is 2.39. The molecular weight excluding hydrogens is 236 g/mol. The summed E-state index contributed by atoms with van der Waals surface area (Å²) in [5.41, 5.74) is 1.04. The Bertz CT molecular complexity index is 415. The fourth-order valence-electron chi connectivity index (χ4n) is 3.29. The highest BCUT2D eigenvalue weighted by molar-refractivity contribution is 5.41. The summed E-state index contributed by atoms with van der Waals surface area (Å²) in [5, 5.41) is 12.2. The van der Waals surface area contributed by atoms with E-state index in [2.05, 4.69) is 46.4 Å². The van der Waals surface area contributed by atoms with Crippen molar-refractivity contribution in [1.82, 2.24) is 15.5 Å². The number of rotatable bonds is 5. The molecule has 2 bridgehead atoms. The lowest BCUT2D eigenvalue weighted by atomic mass is 10.1. The second-order valence-corrected chi connectivity index (χ2v) is 6.39. The third-order valence-electron chi connectivity index (χ3n) is 4.27. The number of hydrogen-bond donors (Lipinski definition) is 1. The largest absolute Gasteiger partial charge is 0.352 e. The molecule has 1 saturated carbocycles. The Kier molecular flexibility index (Phi) is 3.69. The molecule has 0 spiro atoms. The van der Waals surface area contributed by atoms with Gasteiger partial charge in [0.1, 0.15) is 0 Å². The standard InChI is InChI=1S/C15H24N4/c1-11(2)8-16-9-13-4-6-15(18-17-13)19-10-12-3-5-14(19)7-12/h4,6,11-12,14,16H,3,5,7-10H2,1-2H3. The SMILES string of the molecule is CC(C)CNCc1ccc(N2CC3CCC2C3)nn1. The predicted octanol–water partition coefficient (Wildman–Crippen LogP) is 2.21. The minimum atomic E-state index is 0.674. The van der Waals surface area contributed by atoms with Gasteiger partial charge < -0.3 is 10.2 Å². The third kappa shape index (κ3) is 2.89. The number of aromatic nitrogens is 2. The normalized spacial score (nSPS) is 25.5. The van der Waals surface area contributed by atoms with Gasteiger partial charge in [0.15, 0.2) is 5.82 Å². The van der Waals surface area contributed by atoms with Crippen molar-refractivity contribution in [2.75, 3.05) is 18.0 Å². The van der Waals surface area contributed by atoms with Crippen molar-refractivity contribution >= 4 is 5.82 Å². The van der Waals surface area contributed by atoms with E-state index in [1.165, 1.54) is 25.8 Å². The van der Waals surface area contributed by atoms with E-state index in [9.17, 15) is 0 Å². The fourth-order valence-corrected chi connectivity index (χ4v) is 3.29. The lowest BCUT2D eigenvalue weighted by Gasteiger charge is -2.27. The van der Waals surface area contributed by atoms with E-state index in [4.69, 9.17) is 0 Å². The van der Waals surface area contributed by atoms with Gasteiger partial charge in [-0.2, -0.15) is 5.10 Å². The first-order valence-electron chi connectivity index (χ1n) is 7.52. The molecule has 1 aliphatic heterocycles. The molecule has 0 amide bonds. The molecule has 1 aliphatic carbocycles. The molecule has 0 aromatic carbocycles. The summed E-state index contributed by atoms with van der Waals surface area (Å²) in [6.07, 6.45) is 4.11. The quantitative estimate of drug-likeness (QED) is 0.881. The smallest absolute Gasteiger partial charge is 0.151 e. The van der Waals surface area contributed by atoms with Crippen LogP contribution in [0, 0.1) is 11.8 Å². The van der Waals surface area contributed by atoms with Crippen LogP contribution in [0.4, 0.5) is 5.82 Å². The third-order valence-corrected chi connectivity index (χ3v) is 4.27. The molecule has 4 nitrogen and oxygen atoms in total. The maximum absolute atomic E-state index is 4.41. The van der Waals surface area contributed by atoms with E-state index in [-0.39, 0.29) is 0 Å². The van der Waals surface area contributed by atoms with Crippen molar-refractivity contribution in [3.05, 3.63) is 17.8 Å². The molecule has 4 heteroatoms. The molecule has 2 fully saturated rings. The molecular formula is C15H24N4. The topological polar surface area (TPSA) is 41.0 Å². The predicted molar refractivity (Wildman–Crippen MR) is 77.1 cm³/mol. The van der Waals surface area contributed by atoms with Crippen LogP contribution in [-0.4, -0.2) is 29.3 Å². The molecule has 104 valence electrons. The van der Waals surface area contributed by atoms with Crippen molar-refractivity contribution < 1.29 is 0 Å². The number of piperidine rings is 1. The Morgan fingerprint density at radius 2 is 2.21 bits per heavy atom. The highest BCUT2D eigenvalue weighted by atomic mass is 15.3. The monoisotopic (exact) mass is 260 g/mol. The Labute approximate surface area is 115 Å². The molecule has 3 rings (SSSR count). The second-order valence-electron chi connectivity index (χ2n) is 6.39. The zero-order valence-electron chi connectivity index (χ0n) is 12.0. The molecule has 2 atom stereocenters. The van der Waals surface area contributed by atoms with Gasteiger partial charge in [-0.1, -0.05) is 13.8 Å². The summed E-state index contributed by atoms with van der Waals surface area (Å²) in [4.78, 5) is 2.45. The van der Waals surface area contributed by atoms with Crippen LogP contribution >= 0.6 is 0 Å². The second kappa shape index (κ2) is 5.45. The van der Waals surface area contributed by atoms with Crippen LogP contribution in [0.1, 0.15) is 38.8 Å². The first-order chi connectivity index (χ1) is 9.22. The van der Waals surface area contributed by atoms with Gasteiger partial charge in [-0.25, -0.2) is 0 Å². The number of nitrogens with one attached hydrogen (secondary N) is 1. The van der Waals surface area contributed by atoms with Gasteiger partial charge in [0.2, 0.25) is 0 Å². The van der Waals surface area contributed by atoms with Gasteiger partial charge in [0.25, 0.3) is 0 Å². The average molecular weight is 260 g/mol. The van der Waals surface area contributed by atoms with Crippen LogP contribution in [0.5, 0.6) is 0 Å². The van der Waals surface area contributed by atoms with Crippen molar-refractivity contribution in [2.24, 2.45) is 11.8 Å². The summed E-state index contributed by atoms with van der Waals surface area (Å²) in [6, 6.07) is 4.98. The van der Waals surface area contributed by atoms with Crippen molar-refractivity contribution in [1.29, 1.82) is 0 Å². The molecule has 1 aromatic rings. The summed E-state index contributed by atoms with van der Waals surface area (Å²) < 4.78 is 0. The van der Waals surface area contributed by atoms with Gasteiger partial charge in [0, 0.05) is 19.1 Å². The number of fused-ring (bicyclic) bond motifs is 2. The van der Waals surface area contributed by atoms with Gasteiger partial charge in [-0.3, -0.25) is 0 Å². The van der Waals surface area contributed by atoms with E-state index in [1.807, 2.05) is 0 Å². The van der Waals surface area contributed by atoms with Gasteiger partial charge in [-0.05, 0) is 49.8 Å². The average Bonchev–Trinajstić information content (AvgIpc) is 3.01. The van der Waals surface area contributed by atoms with Gasteiger partial charge >= 0.3 is 0 Å². The molecule has 19 heavy (non-hydrogen) atoms. The summed E-state index contributed by atoms with van der Waals surface area (Å²) in [7, 11) is 0. The van der Waals surface area contributed by atoms with Gasteiger partial charge in [0.05, 0.1) is 5.69 Å². The van der Waals surface area contributed by atoms with Gasteiger partial charge in [-0.15, -0.1) is 5.10 Å². The highest BCUT2D eigenvalue weighted by Gasteiger charge is 2.38. The number of nitrogens with zero attached hydrogens (tertiary/aromatic N) is 3. The van der Waals surface area contributed by atoms with Crippen molar-refractivity contribution in [3.63, 3.8) is 0 Å². The van der Waals surface area contributed by atoms with Crippen LogP contribution in [0.25, 0.3) is 0 Å². The maximum Gasteiger partial charge on any atom is 0.151 e. The molecule has 2 aliphatic rings. The van der Waals surface area contributed by atoms with Crippen LogP contribution in [0.15, 0.2) is 12.1 Å². The zero-order valence-corrected chi connectivity index (χ0v) is 12.0. The molecule has 1 aromatic heterocycles. The Morgan fingerprint density at radius 3 is 2.79 bits per heavy atom. The summed E-state index contributed by atoms with van der Waals surface area (Å²) >= 11 is 0. The Balaban J connectivity index is 1.57. The van der Waals surface area contributed by atoms with Crippen LogP contribution < -0.4 is 10.2 Å².